The predicted octanol–water partition coefficient (Wildman–Crippen LogP) is 8.46. The summed E-state index contributed by atoms with van der Waals surface area (Å²) in [5, 5.41) is 0. The number of nitrogens with zero attached hydrogens (tertiary/aromatic N) is 1. The number of methoxy groups -OCH3 is 1. The Morgan fingerprint density at radius 2 is 1.21 bits per heavy atom. The molecule has 8 heteroatoms. The fourth-order valence-corrected chi connectivity index (χ4v) is 5.19. The predicted molar refractivity (Wildman–Crippen MR) is 164 cm³/mol. The van der Waals surface area contributed by atoms with E-state index in [9.17, 15) is 9.46 Å². The molecule has 0 saturated heterocycles. The fraction of sp³-hybridized carbons (Fsp3) is 0.935. The molecule has 0 aliphatic heterocycles. The number of hydrogen-bond acceptors (Lipinski definition) is 5. The molecule has 39 heavy (non-hydrogen) atoms. The van der Waals surface area contributed by atoms with Crippen LogP contribution in [-0.2, 0) is 23.1 Å². The van der Waals surface area contributed by atoms with Crippen LogP contribution >= 0.6 is 7.82 Å². The topological polar surface area (TPSA) is 74.2 Å². The largest absolute Gasteiger partial charge is 0.472 e. The number of allylic oxidation sites excluding steroid dienone is 2. The van der Waals surface area contributed by atoms with Gasteiger partial charge >= 0.3 is 7.82 Å². The number of likely N-dealkylation sites (N-methyl/N-ethyl adjacent to an activating group) is 1. The van der Waals surface area contributed by atoms with Gasteiger partial charge in [0.15, 0.2) is 0 Å². The van der Waals surface area contributed by atoms with Gasteiger partial charge in [-0.1, -0.05) is 103 Å². The van der Waals surface area contributed by atoms with Gasteiger partial charge in [-0.2, -0.15) is 0 Å². The van der Waals surface area contributed by atoms with Crippen LogP contribution in [0.3, 0.4) is 0 Å². The summed E-state index contributed by atoms with van der Waals surface area (Å²) in [6.45, 7) is 4.04. The summed E-state index contributed by atoms with van der Waals surface area (Å²) in [5.74, 6) is 0. The van der Waals surface area contributed by atoms with Crippen LogP contribution in [0.4, 0.5) is 0 Å². The summed E-state index contributed by atoms with van der Waals surface area (Å²) in [6.07, 6.45) is 27.8. The summed E-state index contributed by atoms with van der Waals surface area (Å²) in [5.41, 5.74) is 0. The SMILES string of the molecule is CCCCCCCCCCCC=CCCCCCCCCCOC[C@H](COC)OP(=O)(O)OCC[N+](C)(C)C. The first-order chi connectivity index (χ1) is 18.7. The summed E-state index contributed by atoms with van der Waals surface area (Å²) in [6, 6.07) is 0. The molecule has 1 unspecified atom stereocenters. The first-order valence-corrected chi connectivity index (χ1v) is 17.4. The van der Waals surface area contributed by atoms with Gasteiger partial charge in [0.25, 0.3) is 0 Å². The first-order valence-electron chi connectivity index (χ1n) is 15.9. The van der Waals surface area contributed by atoms with Crippen molar-refractivity contribution in [3.63, 3.8) is 0 Å². The van der Waals surface area contributed by atoms with Crippen LogP contribution < -0.4 is 0 Å². The second-order valence-corrected chi connectivity index (χ2v) is 13.3. The van der Waals surface area contributed by atoms with Gasteiger partial charge in [0.1, 0.15) is 19.3 Å². The maximum absolute atomic E-state index is 12.2. The van der Waals surface area contributed by atoms with Crippen molar-refractivity contribution in [2.45, 2.75) is 129 Å². The standard InChI is InChI=1S/C31H64NO6P/c1-6-7-8-9-10-11-12-13-14-15-16-17-18-19-20-21-22-23-24-25-27-36-30-31(29-35-5)38-39(33,34)37-28-26-32(2,3)4/h16-17,31H,6-15,18-30H2,1-5H3/p+1/t31-/m0/s1. The van der Waals surface area contributed by atoms with Crippen LogP contribution in [0.15, 0.2) is 12.2 Å². The molecular weight excluding hydrogens is 513 g/mol. The van der Waals surface area contributed by atoms with Crippen molar-refractivity contribution in [1.82, 2.24) is 0 Å². The van der Waals surface area contributed by atoms with Crippen molar-refractivity contribution < 1.29 is 32.5 Å². The molecule has 0 aliphatic rings. The minimum absolute atomic E-state index is 0.147. The summed E-state index contributed by atoms with van der Waals surface area (Å²) in [7, 11) is 3.38. The van der Waals surface area contributed by atoms with E-state index in [-0.39, 0.29) is 19.8 Å². The smallest absolute Gasteiger partial charge is 0.382 e. The monoisotopic (exact) mass is 578 g/mol. The summed E-state index contributed by atoms with van der Waals surface area (Å²) < 4.78 is 34.0. The van der Waals surface area contributed by atoms with Gasteiger partial charge in [0.05, 0.1) is 34.4 Å². The Morgan fingerprint density at radius 1 is 0.718 bits per heavy atom. The van der Waals surface area contributed by atoms with Crippen molar-refractivity contribution in [2.24, 2.45) is 0 Å². The molecule has 0 aromatic rings. The van der Waals surface area contributed by atoms with E-state index >= 15 is 0 Å². The average Bonchev–Trinajstić information content (AvgIpc) is 2.86. The molecule has 0 spiro atoms. The molecule has 0 saturated carbocycles. The lowest BCUT2D eigenvalue weighted by molar-refractivity contribution is -0.870. The van der Waals surface area contributed by atoms with E-state index in [0.717, 1.165) is 12.8 Å². The highest BCUT2D eigenvalue weighted by molar-refractivity contribution is 7.47. The molecule has 0 heterocycles. The van der Waals surface area contributed by atoms with E-state index in [4.69, 9.17) is 18.5 Å². The van der Waals surface area contributed by atoms with Gasteiger partial charge in [-0.15, -0.1) is 0 Å². The van der Waals surface area contributed by atoms with E-state index in [1.165, 1.54) is 110 Å². The van der Waals surface area contributed by atoms with Crippen LogP contribution in [0.2, 0.25) is 0 Å². The van der Waals surface area contributed by atoms with Crippen molar-refractivity contribution in [3.05, 3.63) is 12.2 Å². The van der Waals surface area contributed by atoms with Crippen LogP contribution in [0.5, 0.6) is 0 Å². The Labute approximate surface area is 242 Å². The zero-order valence-electron chi connectivity index (χ0n) is 26.4. The maximum Gasteiger partial charge on any atom is 0.472 e. The molecule has 0 aromatic heterocycles. The highest BCUT2D eigenvalue weighted by Crippen LogP contribution is 2.44. The molecule has 0 rings (SSSR count). The molecule has 0 amide bonds. The second-order valence-electron chi connectivity index (χ2n) is 11.9. The molecule has 0 bridgehead atoms. The van der Waals surface area contributed by atoms with E-state index in [0.29, 0.717) is 17.6 Å². The Hall–Kier alpha value is -0.270. The maximum atomic E-state index is 12.2. The molecule has 0 aliphatic carbocycles. The molecular formula is C31H65NO6P+. The lowest BCUT2D eigenvalue weighted by Gasteiger charge is -2.25. The van der Waals surface area contributed by atoms with Crippen LogP contribution in [0, 0.1) is 0 Å². The lowest BCUT2D eigenvalue weighted by Crippen LogP contribution is -2.37. The van der Waals surface area contributed by atoms with Gasteiger partial charge < -0.3 is 18.9 Å². The van der Waals surface area contributed by atoms with E-state index < -0.39 is 13.9 Å². The second kappa shape index (κ2) is 26.6. The number of phosphoric ester groups is 1. The molecule has 1 N–H and O–H groups in total. The van der Waals surface area contributed by atoms with Crippen LogP contribution in [0.25, 0.3) is 0 Å². The minimum Gasteiger partial charge on any atom is -0.382 e. The Balaban J connectivity index is 3.57. The summed E-state index contributed by atoms with van der Waals surface area (Å²) >= 11 is 0. The molecule has 0 aromatic carbocycles. The molecule has 234 valence electrons. The molecule has 7 nitrogen and oxygen atoms in total. The van der Waals surface area contributed by atoms with Gasteiger partial charge in [-0.3, -0.25) is 9.05 Å². The molecule has 2 atom stereocenters. The Kier molecular flexibility index (Phi) is 26.4. The fourth-order valence-electron chi connectivity index (χ4n) is 4.32. The van der Waals surface area contributed by atoms with E-state index in [1.54, 1.807) is 0 Å². The summed E-state index contributed by atoms with van der Waals surface area (Å²) in [4.78, 5) is 9.98. The van der Waals surface area contributed by atoms with E-state index in [1.807, 2.05) is 21.1 Å². The van der Waals surface area contributed by atoms with Gasteiger partial charge in [-0.25, -0.2) is 4.57 Å². The third-order valence-electron chi connectivity index (χ3n) is 6.76. The number of hydrogen-bond donors (Lipinski definition) is 1. The number of quaternary nitrogens is 1. The highest BCUT2D eigenvalue weighted by Gasteiger charge is 2.27. The third-order valence-corrected chi connectivity index (χ3v) is 7.83. The number of phosphoric acid groups is 1. The van der Waals surface area contributed by atoms with E-state index in [2.05, 4.69) is 19.1 Å². The normalized spacial score (nSPS) is 14.7. The van der Waals surface area contributed by atoms with Crippen molar-refractivity contribution in [2.75, 3.05) is 61.2 Å². The van der Waals surface area contributed by atoms with Gasteiger partial charge in [0.2, 0.25) is 0 Å². The Morgan fingerprint density at radius 3 is 1.69 bits per heavy atom. The third kappa shape index (κ3) is 30.5. The quantitative estimate of drug-likeness (QED) is 0.0399. The zero-order valence-corrected chi connectivity index (χ0v) is 27.3. The molecule has 0 radical (unpaired) electrons. The zero-order chi connectivity index (χ0) is 29.1. The van der Waals surface area contributed by atoms with Crippen LogP contribution in [-0.4, -0.2) is 76.7 Å². The number of rotatable bonds is 30. The minimum atomic E-state index is -4.14. The average molecular weight is 579 g/mol. The van der Waals surface area contributed by atoms with Gasteiger partial charge in [-0.05, 0) is 32.1 Å². The van der Waals surface area contributed by atoms with Crippen molar-refractivity contribution >= 4 is 7.82 Å². The van der Waals surface area contributed by atoms with Crippen molar-refractivity contribution in [1.29, 1.82) is 0 Å². The van der Waals surface area contributed by atoms with Gasteiger partial charge in [0, 0.05) is 13.7 Å². The van der Waals surface area contributed by atoms with Crippen LogP contribution in [0.1, 0.15) is 122 Å². The highest BCUT2D eigenvalue weighted by atomic mass is 31.2. The lowest BCUT2D eigenvalue weighted by atomic mass is 10.1. The molecule has 0 fully saturated rings. The number of ether oxygens (including phenoxy) is 2. The number of unbranched alkanes of at least 4 members (excludes halogenated alkanes) is 16. The van der Waals surface area contributed by atoms with Crippen molar-refractivity contribution in [3.8, 4) is 0 Å². The Bertz CT molecular complexity index is 596. The first kappa shape index (κ1) is 38.7.